The van der Waals surface area contributed by atoms with Gasteiger partial charge >= 0.3 is 6.03 Å². The molecule has 0 spiro atoms. The lowest BCUT2D eigenvalue weighted by atomic mass is 9.84. The predicted molar refractivity (Wildman–Crippen MR) is 135 cm³/mol. The maximum Gasteiger partial charge on any atom is 0.328 e. The van der Waals surface area contributed by atoms with Crippen molar-refractivity contribution >= 4 is 46.2 Å². The molecule has 0 bridgehead atoms. The van der Waals surface area contributed by atoms with Gasteiger partial charge in [0.25, 0.3) is 17.2 Å². The van der Waals surface area contributed by atoms with Gasteiger partial charge in [0.05, 0.1) is 18.4 Å². The van der Waals surface area contributed by atoms with Crippen LogP contribution in [-0.4, -0.2) is 46.8 Å². The van der Waals surface area contributed by atoms with Gasteiger partial charge in [-0.1, -0.05) is 20.8 Å². The number of ether oxygens (including phenoxy) is 1. The van der Waals surface area contributed by atoms with E-state index in [-0.39, 0.29) is 24.4 Å². The van der Waals surface area contributed by atoms with Gasteiger partial charge in [0, 0.05) is 36.4 Å². The molecular formula is C24H30N4O6S. The number of carbonyl (C=O) groups excluding carboxylic acids is 3. The summed E-state index contributed by atoms with van der Waals surface area (Å²) in [6.45, 7) is 8.21. The second-order valence-electron chi connectivity index (χ2n) is 9.01. The number of amides is 4. The first-order valence-corrected chi connectivity index (χ1v) is 12.2. The number of nitrogens with zero attached hydrogens (tertiary/aromatic N) is 2. The van der Waals surface area contributed by atoms with Crippen molar-refractivity contribution in [1.29, 1.82) is 0 Å². The predicted octanol–water partition coefficient (Wildman–Crippen LogP) is 3.65. The molecule has 10 nitrogen and oxygen atoms in total. The fourth-order valence-electron chi connectivity index (χ4n) is 3.82. The Balaban J connectivity index is 1.99. The Morgan fingerprint density at radius 3 is 2.40 bits per heavy atom. The van der Waals surface area contributed by atoms with Gasteiger partial charge in [-0.05, 0) is 48.7 Å². The number of nitrogens with one attached hydrogen (secondary N) is 2. The number of hydrogen-bond acceptors (Lipinski definition) is 5. The van der Waals surface area contributed by atoms with Crippen molar-refractivity contribution in [3.63, 3.8) is 0 Å². The maximum absolute atomic E-state index is 13.4. The van der Waals surface area contributed by atoms with E-state index in [9.17, 15) is 23.1 Å². The average Bonchev–Trinajstić information content (AvgIpc) is 2.79. The highest BCUT2D eigenvalue weighted by molar-refractivity contribution is 7.80. The minimum absolute atomic E-state index is 0.157. The normalized spacial score (nSPS) is 14.9. The Bertz CT molecular complexity index is 1160. The van der Waals surface area contributed by atoms with E-state index in [4.69, 9.17) is 4.74 Å². The highest BCUT2D eigenvalue weighted by Gasteiger charge is 2.30. The summed E-state index contributed by atoms with van der Waals surface area (Å²) in [5.41, 5.74) is 2.03. The molecular weight excluding hydrogens is 472 g/mol. The first kappa shape index (κ1) is 26.2. The molecule has 1 aliphatic rings. The summed E-state index contributed by atoms with van der Waals surface area (Å²) < 4.78 is 27.8. The molecule has 1 unspecified atom stereocenters. The molecule has 1 fully saturated rings. The summed E-state index contributed by atoms with van der Waals surface area (Å²) in [4.78, 5) is 38.9. The van der Waals surface area contributed by atoms with Crippen molar-refractivity contribution in [2.75, 3.05) is 34.7 Å². The van der Waals surface area contributed by atoms with Crippen LogP contribution < -0.4 is 24.6 Å². The molecule has 3 rings (SSSR count). The minimum Gasteiger partial charge on any atom is -0.496 e. The van der Waals surface area contributed by atoms with Crippen molar-refractivity contribution in [3.8, 4) is 5.75 Å². The van der Waals surface area contributed by atoms with Crippen LogP contribution in [0, 0.1) is 0 Å². The summed E-state index contributed by atoms with van der Waals surface area (Å²) in [6.07, 6.45) is 0.157. The van der Waals surface area contributed by atoms with Crippen molar-refractivity contribution in [2.45, 2.75) is 39.5 Å². The van der Waals surface area contributed by atoms with Gasteiger partial charge in [0.2, 0.25) is 5.91 Å². The second-order valence-corrected chi connectivity index (χ2v) is 9.91. The lowest BCUT2D eigenvalue weighted by Crippen LogP contribution is -2.49. The summed E-state index contributed by atoms with van der Waals surface area (Å²) >= 11 is -2.16. The molecule has 3 N–H and O–H groups in total. The van der Waals surface area contributed by atoms with Gasteiger partial charge in [-0.15, -0.1) is 0 Å². The van der Waals surface area contributed by atoms with Crippen LogP contribution >= 0.6 is 0 Å². The third-order valence-corrected chi connectivity index (χ3v) is 6.43. The number of urea groups is 1. The van der Waals surface area contributed by atoms with Gasteiger partial charge < -0.3 is 10.1 Å². The van der Waals surface area contributed by atoms with E-state index >= 15 is 0 Å². The quantitative estimate of drug-likeness (QED) is 0.496. The van der Waals surface area contributed by atoms with E-state index in [2.05, 4.69) is 10.6 Å². The van der Waals surface area contributed by atoms with Crippen molar-refractivity contribution in [1.82, 2.24) is 5.32 Å². The van der Waals surface area contributed by atoms with Crippen LogP contribution in [-0.2, 0) is 21.5 Å². The molecule has 188 valence electrons. The van der Waals surface area contributed by atoms with Crippen LogP contribution in [0.2, 0.25) is 0 Å². The highest BCUT2D eigenvalue weighted by Crippen LogP contribution is 2.38. The number of carbonyl (C=O) groups is 3. The Morgan fingerprint density at radius 2 is 1.89 bits per heavy atom. The van der Waals surface area contributed by atoms with Crippen molar-refractivity contribution in [3.05, 3.63) is 47.5 Å². The van der Waals surface area contributed by atoms with E-state index in [1.807, 2.05) is 20.8 Å². The number of hydrogen-bond donors (Lipinski definition) is 3. The first-order chi connectivity index (χ1) is 16.5. The molecule has 11 heteroatoms. The molecule has 2 aromatic carbocycles. The zero-order chi connectivity index (χ0) is 25.9. The van der Waals surface area contributed by atoms with E-state index < -0.39 is 28.6 Å². The maximum atomic E-state index is 13.4. The Morgan fingerprint density at radius 1 is 1.23 bits per heavy atom. The third-order valence-electron chi connectivity index (χ3n) is 5.59. The molecule has 1 heterocycles. The molecule has 35 heavy (non-hydrogen) atoms. The van der Waals surface area contributed by atoms with Crippen LogP contribution in [0.15, 0.2) is 36.4 Å². The number of methoxy groups -OCH3 is 1. The Labute approximate surface area is 207 Å². The number of rotatable bonds is 7. The van der Waals surface area contributed by atoms with E-state index in [1.54, 1.807) is 43.3 Å². The summed E-state index contributed by atoms with van der Waals surface area (Å²) in [6, 6.07) is 9.36. The standard InChI is InChI=1S/C24H30N4O6S/c1-6-28(35(32)33)16-9-7-15(8-10-16)25-22(30)18-13-17(27-12-11-20(29)26-23(27)31)14-19(21(18)34-5)24(2,3)4/h7-10,13-14H,6,11-12H2,1-5H3,(H,25,30)(H,32,33)(H,26,29,31). The smallest absolute Gasteiger partial charge is 0.328 e. The summed E-state index contributed by atoms with van der Waals surface area (Å²) in [7, 11) is 1.48. The molecule has 4 amide bonds. The molecule has 1 atom stereocenters. The lowest BCUT2D eigenvalue weighted by molar-refractivity contribution is -0.120. The topological polar surface area (TPSA) is 128 Å². The summed E-state index contributed by atoms with van der Waals surface area (Å²) in [5.74, 6) is -0.408. The lowest BCUT2D eigenvalue weighted by Gasteiger charge is -2.30. The van der Waals surface area contributed by atoms with Gasteiger partial charge in [-0.3, -0.25) is 28.7 Å². The van der Waals surface area contributed by atoms with Gasteiger partial charge in [0.15, 0.2) is 0 Å². The molecule has 0 radical (unpaired) electrons. The van der Waals surface area contributed by atoms with Gasteiger partial charge in [0.1, 0.15) is 5.75 Å². The first-order valence-electron chi connectivity index (χ1n) is 11.1. The fourth-order valence-corrected chi connectivity index (χ4v) is 4.34. The van der Waals surface area contributed by atoms with Gasteiger partial charge in [-0.2, -0.15) is 0 Å². The van der Waals surface area contributed by atoms with Crippen LogP contribution in [0.4, 0.5) is 21.9 Å². The van der Waals surface area contributed by atoms with E-state index in [0.29, 0.717) is 29.4 Å². The second kappa shape index (κ2) is 10.4. The van der Waals surface area contributed by atoms with Crippen LogP contribution in [0.3, 0.4) is 0 Å². The van der Waals surface area contributed by atoms with Crippen LogP contribution in [0.5, 0.6) is 5.75 Å². The summed E-state index contributed by atoms with van der Waals surface area (Å²) in [5, 5.41) is 5.13. The van der Waals surface area contributed by atoms with Gasteiger partial charge in [-0.25, -0.2) is 9.00 Å². The van der Waals surface area contributed by atoms with Crippen LogP contribution in [0.1, 0.15) is 50.0 Å². The third kappa shape index (κ3) is 5.80. The Hall–Kier alpha value is -3.44. The van der Waals surface area contributed by atoms with E-state index in [0.717, 1.165) is 5.56 Å². The number of imide groups is 1. The fraction of sp³-hybridized carbons (Fsp3) is 0.375. The SMILES string of the molecule is CCN(c1ccc(NC(=O)c2cc(N3CCC(=O)NC3=O)cc(C(C)(C)C)c2OC)cc1)S(=O)O. The molecule has 1 saturated heterocycles. The average molecular weight is 503 g/mol. The minimum atomic E-state index is -2.16. The largest absolute Gasteiger partial charge is 0.496 e. The highest BCUT2D eigenvalue weighted by atomic mass is 32.2. The van der Waals surface area contributed by atoms with Crippen molar-refractivity contribution in [2.24, 2.45) is 0 Å². The van der Waals surface area contributed by atoms with Crippen LogP contribution in [0.25, 0.3) is 0 Å². The molecule has 0 saturated carbocycles. The molecule has 1 aliphatic heterocycles. The monoisotopic (exact) mass is 502 g/mol. The number of benzene rings is 2. The van der Waals surface area contributed by atoms with Crippen molar-refractivity contribution < 1.29 is 27.9 Å². The Kier molecular flexibility index (Phi) is 7.81. The zero-order valence-electron chi connectivity index (χ0n) is 20.4. The van der Waals surface area contributed by atoms with E-state index in [1.165, 1.54) is 16.3 Å². The molecule has 0 aliphatic carbocycles. The zero-order valence-corrected chi connectivity index (χ0v) is 21.2. The molecule has 2 aromatic rings. The number of anilines is 3. The molecule has 0 aromatic heterocycles.